The minimum absolute atomic E-state index is 0. The van der Waals surface area contributed by atoms with Crippen molar-refractivity contribution in [3.63, 3.8) is 0 Å². The Hall–Kier alpha value is 1.22. The fraction of sp³-hybridized carbons (Fsp3) is 0.250. The van der Waals surface area contributed by atoms with E-state index in [0.29, 0.717) is 0 Å². The molecule has 1 aromatic carbocycles. The Balaban J connectivity index is -0.0000000800. The third-order valence-corrected chi connectivity index (χ3v) is 1.43. The van der Waals surface area contributed by atoms with Crippen molar-refractivity contribution < 1.29 is 62.0 Å². The van der Waals surface area contributed by atoms with Gasteiger partial charge in [-0.1, -0.05) is 24.3 Å². The molecule has 0 aliphatic carbocycles. The van der Waals surface area contributed by atoms with Gasteiger partial charge in [0.1, 0.15) is 0 Å². The Morgan fingerprint density at radius 2 is 1.20 bits per heavy atom. The fourth-order valence-corrected chi connectivity index (χ4v) is 0.663. The van der Waals surface area contributed by atoms with Crippen molar-refractivity contribution in [2.75, 3.05) is 0 Å². The van der Waals surface area contributed by atoms with Crippen LogP contribution in [0.3, 0.4) is 0 Å². The van der Waals surface area contributed by atoms with Gasteiger partial charge in [-0.15, -0.1) is 0 Å². The van der Waals surface area contributed by atoms with E-state index in [2.05, 4.69) is 38.1 Å². The van der Waals surface area contributed by atoms with Gasteiger partial charge in [-0.25, -0.2) is 0 Å². The topological polar surface area (TPSA) is 0 Å². The van der Waals surface area contributed by atoms with Crippen molar-refractivity contribution >= 4 is 0 Å². The first kappa shape index (κ1) is 13.8. The van der Waals surface area contributed by atoms with Gasteiger partial charge in [0.05, 0.1) is 0 Å². The van der Waals surface area contributed by atoms with Crippen LogP contribution in [-0.2, 0) is 0 Å². The molecule has 1 rings (SSSR count). The van der Waals surface area contributed by atoms with Crippen molar-refractivity contribution in [3.8, 4) is 0 Å². The summed E-state index contributed by atoms with van der Waals surface area (Å²) in [6.45, 7) is 4.24. The molecule has 10 heavy (non-hydrogen) atoms. The van der Waals surface area contributed by atoms with Crippen LogP contribution in [0, 0.1) is 13.8 Å². The molecule has 0 atom stereocenters. The molecule has 0 N–H and O–H groups in total. The van der Waals surface area contributed by atoms with Gasteiger partial charge in [-0.2, -0.15) is 0 Å². The van der Waals surface area contributed by atoms with E-state index in [1.54, 1.807) is 0 Å². The van der Waals surface area contributed by atoms with Crippen LogP contribution in [-0.4, -0.2) is 0 Å². The van der Waals surface area contributed by atoms with Crippen molar-refractivity contribution in [1.29, 1.82) is 0 Å². The number of benzene rings is 1. The van der Waals surface area contributed by atoms with Crippen LogP contribution in [0.25, 0.3) is 0 Å². The normalized spacial score (nSPS) is 7.40. The largest absolute Gasteiger partial charge is 1.00 e. The van der Waals surface area contributed by atoms with Crippen LogP contribution in [0.2, 0.25) is 0 Å². The van der Waals surface area contributed by atoms with Gasteiger partial charge in [0, 0.05) is 0 Å². The van der Waals surface area contributed by atoms with Gasteiger partial charge in [-0.05, 0) is 25.0 Å². The van der Waals surface area contributed by atoms with Crippen LogP contribution in [0.1, 0.15) is 14.0 Å². The molecule has 0 heterocycles. The molecule has 0 nitrogen and oxygen atoms in total. The first-order chi connectivity index (χ1) is 3.80. The molecule has 0 saturated carbocycles. The third-order valence-electron chi connectivity index (χ3n) is 1.43. The van der Waals surface area contributed by atoms with Crippen molar-refractivity contribution in [2.24, 2.45) is 0 Å². The van der Waals surface area contributed by atoms with E-state index in [-0.39, 0.29) is 62.0 Å². The molecular weight excluding hydrogens is 142 g/mol. The van der Waals surface area contributed by atoms with Gasteiger partial charge in [0.15, 0.2) is 0 Å². The summed E-state index contributed by atoms with van der Waals surface area (Å²) in [7, 11) is 0. The van der Waals surface area contributed by atoms with Gasteiger partial charge in [-0.3, -0.25) is 0 Å². The maximum atomic E-state index is 2.12. The summed E-state index contributed by atoms with van der Waals surface area (Å²) >= 11 is 0. The summed E-state index contributed by atoms with van der Waals surface area (Å²) in [6, 6.07) is 8.36. The fourth-order valence-electron chi connectivity index (χ4n) is 0.663. The molecule has 0 radical (unpaired) electrons. The Kier molecular flexibility index (Phi) is 9.51. The summed E-state index contributed by atoms with van der Waals surface area (Å²) in [5.74, 6) is 0. The SMILES string of the molecule is Cc1ccccc1C.[H-].[H-].[Na+].[Na+]. The minimum Gasteiger partial charge on any atom is -1.00 e. The van der Waals surface area contributed by atoms with E-state index in [1.807, 2.05) is 0 Å². The Morgan fingerprint density at radius 1 is 0.900 bits per heavy atom. The molecule has 0 unspecified atom stereocenters. The molecule has 0 bridgehead atoms. The quantitative estimate of drug-likeness (QED) is 0.341. The smallest absolute Gasteiger partial charge is 1.00 e. The van der Waals surface area contributed by atoms with Crippen LogP contribution in [0.5, 0.6) is 0 Å². The van der Waals surface area contributed by atoms with Crippen LogP contribution in [0.15, 0.2) is 24.3 Å². The molecule has 1 aromatic rings. The number of hydrogen-bond donors (Lipinski definition) is 0. The Labute approximate surface area is 110 Å². The number of aryl methyl sites for hydroxylation is 2. The van der Waals surface area contributed by atoms with E-state index >= 15 is 0 Å². The van der Waals surface area contributed by atoms with Gasteiger partial charge in [0.25, 0.3) is 0 Å². The zero-order valence-corrected chi connectivity index (χ0v) is 11.3. The summed E-state index contributed by atoms with van der Waals surface area (Å²) < 4.78 is 0. The first-order valence-electron chi connectivity index (χ1n) is 2.83. The predicted molar refractivity (Wildman–Crippen MR) is 38.1 cm³/mol. The van der Waals surface area contributed by atoms with Crippen LogP contribution >= 0.6 is 0 Å². The van der Waals surface area contributed by atoms with Gasteiger partial charge < -0.3 is 2.85 Å². The third kappa shape index (κ3) is 4.17. The standard InChI is InChI=1S/C8H10.2Na.2H/c1-7-5-3-4-6-8(7)2;;;;/h3-6H,1-2H3;;;;/q;2*+1;2*-1. The number of rotatable bonds is 0. The maximum Gasteiger partial charge on any atom is 1.00 e. The van der Waals surface area contributed by atoms with Gasteiger partial charge >= 0.3 is 59.1 Å². The molecule has 0 fully saturated rings. The molecule has 2 heteroatoms. The minimum atomic E-state index is 0. The van der Waals surface area contributed by atoms with Crippen molar-refractivity contribution in [2.45, 2.75) is 13.8 Å². The number of hydrogen-bond acceptors (Lipinski definition) is 0. The first-order valence-corrected chi connectivity index (χ1v) is 2.83. The van der Waals surface area contributed by atoms with Gasteiger partial charge in [0.2, 0.25) is 0 Å². The monoisotopic (exact) mass is 154 g/mol. The molecule has 0 aromatic heterocycles. The van der Waals surface area contributed by atoms with Crippen molar-refractivity contribution in [3.05, 3.63) is 35.4 Å². The second kappa shape index (κ2) is 6.90. The summed E-state index contributed by atoms with van der Waals surface area (Å²) in [5, 5.41) is 0. The average molecular weight is 154 g/mol. The average Bonchev–Trinajstić information content (AvgIpc) is 1.77. The van der Waals surface area contributed by atoms with E-state index in [1.165, 1.54) is 11.1 Å². The van der Waals surface area contributed by atoms with Crippen LogP contribution < -0.4 is 59.1 Å². The zero-order valence-electron chi connectivity index (χ0n) is 9.31. The molecule has 0 saturated heterocycles. The predicted octanol–water partition coefficient (Wildman–Crippen LogP) is -3.46. The van der Waals surface area contributed by atoms with E-state index < -0.39 is 0 Å². The maximum absolute atomic E-state index is 2.12. The van der Waals surface area contributed by atoms with Crippen LogP contribution in [0.4, 0.5) is 0 Å². The molecule has 0 amide bonds. The van der Waals surface area contributed by atoms with E-state index in [9.17, 15) is 0 Å². The zero-order chi connectivity index (χ0) is 5.98. The molecule has 0 aliphatic heterocycles. The Morgan fingerprint density at radius 3 is 1.40 bits per heavy atom. The summed E-state index contributed by atoms with van der Waals surface area (Å²) in [4.78, 5) is 0. The van der Waals surface area contributed by atoms with E-state index in [4.69, 9.17) is 0 Å². The molecular formula is C8H12Na2. The van der Waals surface area contributed by atoms with Crippen molar-refractivity contribution in [1.82, 2.24) is 0 Å². The Bertz CT molecular complexity index is 171. The summed E-state index contributed by atoms with van der Waals surface area (Å²) in [6.07, 6.45) is 0. The second-order valence-corrected chi connectivity index (χ2v) is 2.08. The molecule has 0 aliphatic rings. The molecule has 0 spiro atoms. The van der Waals surface area contributed by atoms with E-state index in [0.717, 1.165) is 0 Å². The second-order valence-electron chi connectivity index (χ2n) is 2.08. The molecule has 46 valence electrons. The summed E-state index contributed by atoms with van der Waals surface area (Å²) in [5.41, 5.74) is 2.74.